The maximum Gasteiger partial charge on any atom is 0.416 e. The number of hydrogen-bond donors (Lipinski definition) is 0. The van der Waals surface area contributed by atoms with Crippen LogP contribution in [0.1, 0.15) is 61.1 Å². The van der Waals surface area contributed by atoms with Crippen molar-refractivity contribution in [1.29, 1.82) is 0 Å². The van der Waals surface area contributed by atoms with E-state index in [1.807, 2.05) is 19.9 Å². The molecule has 0 N–H and O–H groups in total. The third-order valence-corrected chi connectivity index (χ3v) is 7.67. The minimum absolute atomic E-state index is 0.0401. The van der Waals surface area contributed by atoms with Crippen LogP contribution in [-0.4, -0.2) is 9.13 Å². The molecule has 4 nitrogen and oxygen atoms in total. The number of fused-ring (bicyclic) bond motifs is 1. The van der Waals surface area contributed by atoms with E-state index < -0.39 is 23.0 Å². The zero-order valence-electron chi connectivity index (χ0n) is 19.6. The Bertz CT molecular complexity index is 1340. The fraction of sp³-hybridized carbons (Fsp3) is 0.462. The summed E-state index contributed by atoms with van der Waals surface area (Å²) in [5.74, 6) is 0.558. The smallest absolute Gasteiger partial charge is 0.284 e. The molecule has 0 aliphatic heterocycles. The molecule has 0 amide bonds. The monoisotopic (exact) mass is 490 g/mol. The van der Waals surface area contributed by atoms with Gasteiger partial charge in [0.05, 0.1) is 10.9 Å². The van der Waals surface area contributed by atoms with E-state index in [2.05, 4.69) is 6.08 Å². The Morgan fingerprint density at radius 2 is 1.82 bits per heavy atom. The van der Waals surface area contributed by atoms with Crippen molar-refractivity contribution < 1.29 is 13.2 Å². The first kappa shape index (κ1) is 24.5. The molecule has 1 aliphatic rings. The fourth-order valence-corrected chi connectivity index (χ4v) is 6.04. The van der Waals surface area contributed by atoms with Crippen molar-refractivity contribution in [2.24, 2.45) is 18.9 Å². The molecule has 0 spiro atoms. The summed E-state index contributed by atoms with van der Waals surface area (Å²) in [6.07, 6.45) is 4.02. The Hall–Kier alpha value is -2.61. The van der Waals surface area contributed by atoms with Crippen LogP contribution in [0.3, 0.4) is 0 Å². The van der Waals surface area contributed by atoms with Gasteiger partial charge in [0.1, 0.15) is 4.83 Å². The summed E-state index contributed by atoms with van der Waals surface area (Å²) in [5, 5.41) is 0.418. The molecule has 1 fully saturated rings. The highest BCUT2D eigenvalue weighted by molar-refractivity contribution is 7.19. The minimum Gasteiger partial charge on any atom is -0.284 e. The Kier molecular flexibility index (Phi) is 6.90. The van der Waals surface area contributed by atoms with E-state index in [-0.39, 0.29) is 17.9 Å². The standard InChI is InChI=1S/C26H29F3N2O2S/c1-16(2)15-31-24-22(23(32)30(3)25(31)33)19(13-12-17-8-4-5-9-17)21(34-24)14-18-10-6-7-11-20(18)26(27,28)29/h6-7,10-13,16-17H,4-5,8-9,14-15H2,1-3H3. The van der Waals surface area contributed by atoms with Gasteiger partial charge in [0.15, 0.2) is 0 Å². The number of rotatable bonds is 6. The first-order valence-corrected chi connectivity index (χ1v) is 12.5. The summed E-state index contributed by atoms with van der Waals surface area (Å²) in [6.45, 7) is 4.39. The molecule has 0 bridgehead atoms. The van der Waals surface area contributed by atoms with E-state index in [1.54, 1.807) is 10.6 Å². The van der Waals surface area contributed by atoms with E-state index in [9.17, 15) is 22.8 Å². The number of hydrogen-bond acceptors (Lipinski definition) is 3. The fourth-order valence-electron chi connectivity index (χ4n) is 4.74. The van der Waals surface area contributed by atoms with Crippen molar-refractivity contribution in [3.8, 4) is 0 Å². The van der Waals surface area contributed by atoms with Crippen LogP contribution in [0.25, 0.3) is 16.3 Å². The van der Waals surface area contributed by atoms with E-state index >= 15 is 0 Å². The lowest BCUT2D eigenvalue weighted by molar-refractivity contribution is -0.138. The minimum atomic E-state index is -4.47. The van der Waals surface area contributed by atoms with Crippen LogP contribution in [0.2, 0.25) is 0 Å². The van der Waals surface area contributed by atoms with Crippen LogP contribution in [0.4, 0.5) is 13.2 Å². The Morgan fingerprint density at radius 3 is 2.47 bits per heavy atom. The van der Waals surface area contributed by atoms with Gasteiger partial charge in [-0.15, -0.1) is 11.3 Å². The number of allylic oxidation sites excluding steroid dienone is 1. The van der Waals surface area contributed by atoms with E-state index in [1.165, 1.54) is 30.5 Å². The molecule has 0 unspecified atom stereocenters. The van der Waals surface area contributed by atoms with Crippen LogP contribution in [0.15, 0.2) is 39.9 Å². The summed E-state index contributed by atoms with van der Waals surface area (Å²) in [7, 11) is 1.46. The first-order valence-electron chi connectivity index (χ1n) is 11.7. The highest BCUT2D eigenvalue weighted by Gasteiger charge is 2.33. The van der Waals surface area contributed by atoms with Crippen LogP contribution in [0, 0.1) is 11.8 Å². The van der Waals surface area contributed by atoms with Gasteiger partial charge in [-0.2, -0.15) is 13.2 Å². The number of alkyl halides is 3. The molecular formula is C26H29F3N2O2S. The van der Waals surface area contributed by atoms with Gasteiger partial charge in [-0.3, -0.25) is 13.9 Å². The number of benzene rings is 1. The zero-order valence-corrected chi connectivity index (χ0v) is 20.4. The lowest BCUT2D eigenvalue weighted by Gasteiger charge is -2.12. The molecule has 1 aromatic carbocycles. The van der Waals surface area contributed by atoms with Crippen molar-refractivity contribution in [2.45, 2.75) is 58.7 Å². The Labute approximate surface area is 200 Å². The molecule has 3 aromatic rings. The summed E-state index contributed by atoms with van der Waals surface area (Å²) in [4.78, 5) is 27.4. The third kappa shape index (κ3) is 4.78. The molecule has 0 atom stereocenters. The van der Waals surface area contributed by atoms with Crippen molar-refractivity contribution in [3.63, 3.8) is 0 Å². The molecule has 2 heterocycles. The molecule has 1 aliphatic carbocycles. The molecule has 1 saturated carbocycles. The number of thiophene rings is 1. The molecule has 4 rings (SSSR count). The third-order valence-electron chi connectivity index (χ3n) is 6.44. The van der Waals surface area contributed by atoms with Gasteiger partial charge in [0, 0.05) is 30.5 Å². The van der Waals surface area contributed by atoms with Crippen molar-refractivity contribution >= 4 is 27.6 Å². The normalized spacial score (nSPS) is 15.4. The lowest BCUT2D eigenvalue weighted by atomic mass is 9.99. The van der Waals surface area contributed by atoms with Crippen molar-refractivity contribution in [2.75, 3.05) is 0 Å². The maximum absolute atomic E-state index is 13.7. The molecule has 0 radical (unpaired) electrons. The number of halogens is 3. The average Bonchev–Trinajstić information content (AvgIpc) is 3.41. The maximum atomic E-state index is 13.7. The zero-order chi connectivity index (χ0) is 24.6. The quantitative estimate of drug-likeness (QED) is 0.411. The molecule has 0 saturated heterocycles. The van der Waals surface area contributed by atoms with Gasteiger partial charge >= 0.3 is 11.9 Å². The van der Waals surface area contributed by atoms with Crippen molar-refractivity contribution in [1.82, 2.24) is 9.13 Å². The van der Waals surface area contributed by atoms with E-state index in [0.29, 0.717) is 33.1 Å². The van der Waals surface area contributed by atoms with E-state index in [4.69, 9.17) is 0 Å². The average molecular weight is 491 g/mol. The highest BCUT2D eigenvalue weighted by atomic mass is 32.1. The second-order valence-electron chi connectivity index (χ2n) is 9.51. The second kappa shape index (κ2) is 9.56. The molecule has 8 heteroatoms. The summed E-state index contributed by atoms with van der Waals surface area (Å²) >= 11 is 1.26. The predicted octanol–water partition coefficient (Wildman–Crippen LogP) is 6.23. The van der Waals surface area contributed by atoms with Gasteiger partial charge < -0.3 is 0 Å². The number of aromatic nitrogens is 2. The highest BCUT2D eigenvalue weighted by Crippen LogP contribution is 2.37. The summed E-state index contributed by atoms with van der Waals surface area (Å²) in [5.41, 5.74) is -0.682. The van der Waals surface area contributed by atoms with Crippen LogP contribution < -0.4 is 11.2 Å². The van der Waals surface area contributed by atoms with Crippen LogP contribution in [0.5, 0.6) is 0 Å². The topological polar surface area (TPSA) is 44.0 Å². The van der Waals surface area contributed by atoms with E-state index in [0.717, 1.165) is 36.3 Å². The van der Waals surface area contributed by atoms with Gasteiger partial charge in [0.25, 0.3) is 5.56 Å². The number of nitrogens with zero attached hydrogens (tertiary/aromatic N) is 2. The van der Waals surface area contributed by atoms with Gasteiger partial charge in [0.2, 0.25) is 0 Å². The molecule has 2 aromatic heterocycles. The van der Waals surface area contributed by atoms with Crippen LogP contribution >= 0.6 is 11.3 Å². The lowest BCUT2D eigenvalue weighted by Crippen LogP contribution is -2.38. The Morgan fingerprint density at radius 1 is 1.15 bits per heavy atom. The predicted molar refractivity (Wildman–Crippen MR) is 131 cm³/mol. The SMILES string of the molecule is CC(C)Cn1c(=O)n(C)c(=O)c2c(C=CC3CCCC3)c(Cc3ccccc3C(F)(F)F)sc21. The second-order valence-corrected chi connectivity index (χ2v) is 10.6. The molecule has 34 heavy (non-hydrogen) atoms. The van der Waals surface area contributed by atoms with Crippen LogP contribution in [-0.2, 0) is 26.2 Å². The summed E-state index contributed by atoms with van der Waals surface area (Å²) in [6, 6.07) is 5.55. The Balaban J connectivity index is 1.95. The summed E-state index contributed by atoms with van der Waals surface area (Å²) < 4.78 is 43.7. The molecular weight excluding hydrogens is 461 g/mol. The largest absolute Gasteiger partial charge is 0.416 e. The van der Waals surface area contributed by atoms with Gasteiger partial charge in [-0.05, 0) is 36.3 Å². The molecule has 182 valence electrons. The van der Waals surface area contributed by atoms with Gasteiger partial charge in [-0.1, -0.05) is 57.0 Å². The first-order chi connectivity index (χ1) is 16.1. The van der Waals surface area contributed by atoms with Crippen molar-refractivity contribution in [3.05, 3.63) is 72.7 Å². The van der Waals surface area contributed by atoms with Gasteiger partial charge in [-0.25, -0.2) is 4.79 Å².